The molecule has 0 radical (unpaired) electrons. The maximum atomic E-state index is 13.0. The van der Waals surface area contributed by atoms with E-state index in [1.165, 1.54) is 7.11 Å². The summed E-state index contributed by atoms with van der Waals surface area (Å²) in [5, 5.41) is 0. The third-order valence-electron chi connectivity index (χ3n) is 4.84. The smallest absolute Gasteiger partial charge is 0.265 e. The molecule has 0 aliphatic carbocycles. The molecule has 1 heterocycles. The molecule has 0 bridgehead atoms. The normalized spacial score (nSPS) is 15.9. The van der Waals surface area contributed by atoms with E-state index in [-0.39, 0.29) is 23.2 Å². The standard InChI is InChI=1S/C21H26N2O5S/c1-6-23-16-12-15(8-10-17(16)28-13-21(3,4)20(23)24)22-29(25,26)19-11-14(2)7-9-18(19)27-5/h7-12,22H,6,13H2,1-5H3. The molecule has 1 amide bonds. The van der Waals surface area contributed by atoms with Gasteiger partial charge in [0.1, 0.15) is 23.0 Å². The molecule has 0 atom stereocenters. The van der Waals surface area contributed by atoms with Gasteiger partial charge < -0.3 is 14.4 Å². The molecule has 0 saturated heterocycles. The first-order valence-corrected chi connectivity index (χ1v) is 10.8. The van der Waals surface area contributed by atoms with Gasteiger partial charge in [-0.05, 0) is 63.6 Å². The van der Waals surface area contributed by atoms with Crippen molar-refractivity contribution in [2.75, 3.05) is 29.9 Å². The average Bonchev–Trinajstić information content (AvgIpc) is 2.76. The number of methoxy groups -OCH3 is 1. The van der Waals surface area contributed by atoms with Crippen LogP contribution in [0.5, 0.6) is 11.5 Å². The summed E-state index contributed by atoms with van der Waals surface area (Å²) in [6.45, 7) is 8.04. The van der Waals surface area contributed by atoms with Gasteiger partial charge in [0.05, 0.1) is 23.9 Å². The summed E-state index contributed by atoms with van der Waals surface area (Å²) in [5.74, 6) is 0.731. The third-order valence-corrected chi connectivity index (χ3v) is 6.24. The van der Waals surface area contributed by atoms with Crippen LogP contribution in [0, 0.1) is 12.3 Å². The Balaban J connectivity index is 2.01. The summed E-state index contributed by atoms with van der Waals surface area (Å²) in [5.41, 5.74) is 0.997. The van der Waals surface area contributed by atoms with Crippen molar-refractivity contribution >= 4 is 27.3 Å². The first-order chi connectivity index (χ1) is 13.6. The number of fused-ring (bicyclic) bond motifs is 1. The Morgan fingerprint density at radius 1 is 1.21 bits per heavy atom. The number of aryl methyl sites for hydroxylation is 1. The highest BCUT2D eigenvalue weighted by atomic mass is 32.2. The molecule has 2 aromatic carbocycles. The van der Waals surface area contributed by atoms with Crippen molar-refractivity contribution in [1.82, 2.24) is 0 Å². The van der Waals surface area contributed by atoms with Crippen molar-refractivity contribution in [3.05, 3.63) is 42.0 Å². The predicted octanol–water partition coefficient (Wildman–Crippen LogP) is 3.58. The summed E-state index contributed by atoms with van der Waals surface area (Å²) in [7, 11) is -2.47. The van der Waals surface area contributed by atoms with E-state index in [4.69, 9.17) is 9.47 Å². The minimum Gasteiger partial charge on any atom is -0.495 e. The first-order valence-electron chi connectivity index (χ1n) is 9.35. The molecule has 0 aromatic heterocycles. The molecule has 0 unspecified atom stereocenters. The van der Waals surface area contributed by atoms with Crippen LogP contribution in [0.15, 0.2) is 41.3 Å². The van der Waals surface area contributed by atoms with Gasteiger partial charge in [-0.2, -0.15) is 0 Å². The molecular weight excluding hydrogens is 392 g/mol. The number of hydrogen-bond acceptors (Lipinski definition) is 5. The lowest BCUT2D eigenvalue weighted by atomic mass is 9.93. The van der Waals surface area contributed by atoms with Gasteiger partial charge >= 0.3 is 0 Å². The zero-order valence-corrected chi connectivity index (χ0v) is 18.1. The number of nitrogens with one attached hydrogen (secondary N) is 1. The highest BCUT2D eigenvalue weighted by molar-refractivity contribution is 7.92. The summed E-state index contributed by atoms with van der Waals surface area (Å²) < 4.78 is 39.6. The van der Waals surface area contributed by atoms with Crippen molar-refractivity contribution in [1.29, 1.82) is 0 Å². The number of nitrogens with zero attached hydrogens (tertiary/aromatic N) is 1. The van der Waals surface area contributed by atoms with E-state index in [0.29, 0.717) is 23.7 Å². The second kappa shape index (κ2) is 7.59. The van der Waals surface area contributed by atoms with Gasteiger partial charge in [0.2, 0.25) is 5.91 Å². The largest absolute Gasteiger partial charge is 0.495 e. The summed E-state index contributed by atoms with van der Waals surface area (Å²) in [6.07, 6.45) is 0. The summed E-state index contributed by atoms with van der Waals surface area (Å²) in [4.78, 5) is 14.6. The van der Waals surface area contributed by atoms with E-state index < -0.39 is 15.4 Å². The molecule has 1 aliphatic heterocycles. The Kier molecular flexibility index (Phi) is 5.49. The SMILES string of the molecule is CCN1C(=O)C(C)(C)COc2ccc(NS(=O)(=O)c3cc(C)ccc3OC)cc21. The summed E-state index contributed by atoms with van der Waals surface area (Å²) >= 11 is 0. The van der Waals surface area contributed by atoms with E-state index in [1.54, 1.807) is 41.3 Å². The number of carbonyl (C=O) groups excluding carboxylic acids is 1. The van der Waals surface area contributed by atoms with Gasteiger partial charge in [-0.1, -0.05) is 6.07 Å². The molecule has 0 fully saturated rings. The lowest BCUT2D eigenvalue weighted by Gasteiger charge is -2.27. The van der Waals surface area contributed by atoms with Crippen LogP contribution in [-0.2, 0) is 14.8 Å². The number of carbonyl (C=O) groups is 1. The number of sulfonamides is 1. The molecule has 1 N–H and O–H groups in total. The second-order valence-corrected chi connectivity index (χ2v) is 9.32. The van der Waals surface area contributed by atoms with Crippen LogP contribution in [0.3, 0.4) is 0 Å². The number of ether oxygens (including phenoxy) is 2. The first kappa shape index (κ1) is 21.0. The van der Waals surface area contributed by atoms with Gasteiger partial charge in [-0.25, -0.2) is 8.42 Å². The van der Waals surface area contributed by atoms with Gasteiger partial charge in [0.25, 0.3) is 10.0 Å². The molecule has 29 heavy (non-hydrogen) atoms. The van der Waals surface area contributed by atoms with Crippen molar-refractivity contribution in [3.63, 3.8) is 0 Å². The lowest BCUT2D eigenvalue weighted by molar-refractivity contribution is -0.127. The van der Waals surface area contributed by atoms with Crippen LogP contribution in [0.25, 0.3) is 0 Å². The molecule has 156 valence electrons. The second-order valence-electron chi connectivity index (χ2n) is 7.66. The topological polar surface area (TPSA) is 84.9 Å². The van der Waals surface area contributed by atoms with Crippen LogP contribution in [-0.4, -0.2) is 34.6 Å². The molecule has 2 aromatic rings. The monoisotopic (exact) mass is 418 g/mol. The van der Waals surface area contributed by atoms with E-state index in [2.05, 4.69) is 4.72 Å². The number of hydrogen-bond donors (Lipinski definition) is 1. The zero-order chi connectivity index (χ0) is 21.4. The van der Waals surface area contributed by atoms with Crippen molar-refractivity contribution < 1.29 is 22.7 Å². The lowest BCUT2D eigenvalue weighted by Crippen LogP contribution is -2.42. The number of amides is 1. The molecule has 8 heteroatoms. The number of benzene rings is 2. The van der Waals surface area contributed by atoms with Crippen LogP contribution in [0.1, 0.15) is 26.3 Å². The number of anilines is 2. The van der Waals surface area contributed by atoms with E-state index >= 15 is 0 Å². The highest BCUT2D eigenvalue weighted by Crippen LogP contribution is 2.38. The fourth-order valence-electron chi connectivity index (χ4n) is 3.23. The molecule has 3 rings (SSSR count). The van der Waals surface area contributed by atoms with Gasteiger partial charge in [-0.15, -0.1) is 0 Å². The van der Waals surface area contributed by atoms with Crippen LogP contribution in [0.2, 0.25) is 0 Å². The molecule has 0 saturated carbocycles. The average molecular weight is 419 g/mol. The molecule has 1 aliphatic rings. The van der Waals surface area contributed by atoms with Crippen LogP contribution >= 0.6 is 0 Å². The maximum Gasteiger partial charge on any atom is 0.265 e. The Labute approximate surface area is 171 Å². The van der Waals surface area contributed by atoms with E-state index in [9.17, 15) is 13.2 Å². The number of rotatable bonds is 5. The molecule has 0 spiro atoms. The predicted molar refractivity (Wildman–Crippen MR) is 112 cm³/mol. The van der Waals surface area contributed by atoms with E-state index in [0.717, 1.165) is 5.56 Å². The quantitative estimate of drug-likeness (QED) is 0.802. The maximum absolute atomic E-state index is 13.0. The van der Waals surface area contributed by atoms with Crippen molar-refractivity contribution in [2.45, 2.75) is 32.6 Å². The van der Waals surface area contributed by atoms with Crippen molar-refractivity contribution in [2.24, 2.45) is 5.41 Å². The zero-order valence-electron chi connectivity index (χ0n) is 17.3. The Bertz CT molecular complexity index is 1050. The minimum atomic E-state index is -3.89. The fraction of sp³-hybridized carbons (Fsp3) is 0.381. The molecular formula is C21H26N2O5S. The highest BCUT2D eigenvalue weighted by Gasteiger charge is 2.37. The molecule has 7 nitrogen and oxygen atoms in total. The Morgan fingerprint density at radius 2 is 1.93 bits per heavy atom. The summed E-state index contributed by atoms with van der Waals surface area (Å²) in [6, 6.07) is 9.88. The van der Waals surface area contributed by atoms with E-state index in [1.807, 2.05) is 27.7 Å². The van der Waals surface area contributed by atoms with Crippen molar-refractivity contribution in [3.8, 4) is 11.5 Å². The Hall–Kier alpha value is -2.74. The van der Waals surface area contributed by atoms with Crippen LogP contribution in [0.4, 0.5) is 11.4 Å². The van der Waals surface area contributed by atoms with Gasteiger partial charge in [0.15, 0.2) is 0 Å². The minimum absolute atomic E-state index is 0.0516. The Morgan fingerprint density at radius 3 is 2.59 bits per heavy atom. The van der Waals surface area contributed by atoms with Gasteiger partial charge in [0, 0.05) is 6.54 Å². The van der Waals surface area contributed by atoms with Crippen LogP contribution < -0.4 is 19.1 Å². The third kappa shape index (κ3) is 4.03. The fourth-order valence-corrected chi connectivity index (χ4v) is 4.53. The van der Waals surface area contributed by atoms with Gasteiger partial charge in [-0.3, -0.25) is 9.52 Å².